The Balaban J connectivity index is 0.00000264. The second-order valence-electron chi connectivity index (χ2n) is 7.39. The molecule has 0 heterocycles. The second-order valence-corrected chi connectivity index (χ2v) is 7.39. The van der Waals surface area contributed by atoms with Gasteiger partial charge in [-0.15, -0.1) is 12.4 Å². The van der Waals surface area contributed by atoms with E-state index in [0.717, 1.165) is 37.5 Å². The lowest BCUT2D eigenvalue weighted by molar-refractivity contribution is 0.209. The highest BCUT2D eigenvalue weighted by atomic mass is 35.5. The van der Waals surface area contributed by atoms with Crippen LogP contribution in [-0.4, -0.2) is 12.6 Å². The van der Waals surface area contributed by atoms with Crippen LogP contribution in [0.25, 0.3) is 0 Å². The summed E-state index contributed by atoms with van der Waals surface area (Å²) in [6.07, 6.45) is 10.1. The predicted octanol–water partition coefficient (Wildman–Crippen LogP) is 5.37. The molecule has 0 spiro atoms. The van der Waals surface area contributed by atoms with E-state index >= 15 is 0 Å². The number of halogens is 1. The lowest BCUT2D eigenvalue weighted by Gasteiger charge is -2.21. The number of ether oxygens (including phenoxy) is 1. The summed E-state index contributed by atoms with van der Waals surface area (Å²) in [6.45, 7) is 5.36. The normalized spacial score (nSPS) is 16.9. The molecule has 0 amide bonds. The van der Waals surface area contributed by atoms with Gasteiger partial charge in [-0.1, -0.05) is 45.2 Å². The maximum Gasteiger partial charge on any atom is 0.119 e. The monoisotopic (exact) mass is 339 g/mol. The fourth-order valence-electron chi connectivity index (χ4n) is 3.40. The first-order chi connectivity index (χ1) is 10.6. The van der Waals surface area contributed by atoms with Crippen molar-refractivity contribution in [2.45, 2.75) is 71.3 Å². The SMILES string of the molecule is CC(C)CC(N)CCc1ccc(OCC2CCCCC2)cc1.Cl. The zero-order valence-electron chi connectivity index (χ0n) is 14.8. The third kappa shape index (κ3) is 8.08. The van der Waals surface area contributed by atoms with Crippen LogP contribution in [0, 0.1) is 11.8 Å². The Kier molecular flexibility index (Phi) is 9.66. The molecule has 1 aromatic carbocycles. The quantitative estimate of drug-likeness (QED) is 0.690. The maximum absolute atomic E-state index is 6.16. The van der Waals surface area contributed by atoms with Crippen LogP contribution < -0.4 is 10.5 Å². The molecule has 1 atom stereocenters. The van der Waals surface area contributed by atoms with Gasteiger partial charge in [0.15, 0.2) is 0 Å². The average Bonchev–Trinajstić information content (AvgIpc) is 2.52. The molecule has 2 rings (SSSR count). The Bertz CT molecular complexity index is 412. The van der Waals surface area contributed by atoms with E-state index < -0.39 is 0 Å². The van der Waals surface area contributed by atoms with Gasteiger partial charge in [-0.25, -0.2) is 0 Å². The predicted molar refractivity (Wildman–Crippen MR) is 102 cm³/mol. The summed E-state index contributed by atoms with van der Waals surface area (Å²) in [6, 6.07) is 8.94. The van der Waals surface area contributed by atoms with Gasteiger partial charge < -0.3 is 10.5 Å². The zero-order chi connectivity index (χ0) is 15.8. The van der Waals surface area contributed by atoms with Crippen molar-refractivity contribution < 1.29 is 4.74 Å². The number of hydrogen-bond donors (Lipinski definition) is 1. The highest BCUT2D eigenvalue weighted by Crippen LogP contribution is 2.24. The van der Waals surface area contributed by atoms with Crippen molar-refractivity contribution >= 4 is 12.4 Å². The summed E-state index contributed by atoms with van der Waals surface area (Å²) in [7, 11) is 0. The van der Waals surface area contributed by atoms with Crippen LogP contribution >= 0.6 is 12.4 Å². The number of nitrogens with two attached hydrogens (primary N) is 1. The van der Waals surface area contributed by atoms with Crippen molar-refractivity contribution in [3.63, 3.8) is 0 Å². The summed E-state index contributed by atoms with van der Waals surface area (Å²) < 4.78 is 5.95. The van der Waals surface area contributed by atoms with Crippen molar-refractivity contribution in [1.82, 2.24) is 0 Å². The minimum Gasteiger partial charge on any atom is -0.493 e. The molecule has 0 bridgehead atoms. The van der Waals surface area contributed by atoms with E-state index in [0.29, 0.717) is 12.0 Å². The van der Waals surface area contributed by atoms with Crippen molar-refractivity contribution in [2.24, 2.45) is 17.6 Å². The second kappa shape index (κ2) is 10.9. The van der Waals surface area contributed by atoms with Gasteiger partial charge in [0.05, 0.1) is 6.61 Å². The van der Waals surface area contributed by atoms with E-state index in [2.05, 4.69) is 38.1 Å². The molecule has 1 saturated carbocycles. The molecule has 0 saturated heterocycles. The molecule has 0 aliphatic heterocycles. The summed E-state index contributed by atoms with van der Waals surface area (Å²) in [5, 5.41) is 0. The molecule has 1 unspecified atom stereocenters. The fourth-order valence-corrected chi connectivity index (χ4v) is 3.40. The Morgan fingerprint density at radius 3 is 2.35 bits per heavy atom. The number of rotatable bonds is 8. The molecule has 2 nitrogen and oxygen atoms in total. The minimum absolute atomic E-state index is 0. The Labute approximate surface area is 148 Å². The molecular formula is C20H34ClNO. The van der Waals surface area contributed by atoms with E-state index in [9.17, 15) is 0 Å². The highest BCUT2D eigenvalue weighted by Gasteiger charge is 2.13. The largest absolute Gasteiger partial charge is 0.493 e. The summed E-state index contributed by atoms with van der Waals surface area (Å²) in [5.41, 5.74) is 7.52. The Morgan fingerprint density at radius 1 is 1.09 bits per heavy atom. The van der Waals surface area contributed by atoms with E-state index in [-0.39, 0.29) is 12.4 Å². The van der Waals surface area contributed by atoms with Crippen molar-refractivity contribution in [3.8, 4) is 5.75 Å². The smallest absolute Gasteiger partial charge is 0.119 e. The van der Waals surface area contributed by atoms with E-state index in [1.54, 1.807) is 0 Å². The summed E-state index contributed by atoms with van der Waals surface area (Å²) >= 11 is 0. The molecule has 1 fully saturated rings. The summed E-state index contributed by atoms with van der Waals surface area (Å²) in [4.78, 5) is 0. The first kappa shape index (κ1) is 20.3. The van der Waals surface area contributed by atoms with Crippen LogP contribution in [0.5, 0.6) is 5.75 Å². The summed E-state index contributed by atoms with van der Waals surface area (Å²) in [5.74, 6) is 2.47. The molecule has 1 aliphatic carbocycles. The molecule has 23 heavy (non-hydrogen) atoms. The van der Waals surface area contributed by atoms with Gasteiger partial charge >= 0.3 is 0 Å². The van der Waals surface area contributed by atoms with E-state index in [1.807, 2.05) is 0 Å². The van der Waals surface area contributed by atoms with Gasteiger partial charge in [0.2, 0.25) is 0 Å². The van der Waals surface area contributed by atoms with Gasteiger partial charge in [0.1, 0.15) is 5.75 Å². The first-order valence-electron chi connectivity index (χ1n) is 9.11. The third-order valence-electron chi connectivity index (χ3n) is 4.71. The van der Waals surface area contributed by atoms with Crippen LogP contribution in [-0.2, 0) is 6.42 Å². The molecule has 1 aliphatic rings. The lowest BCUT2D eigenvalue weighted by atomic mass is 9.90. The van der Waals surface area contributed by atoms with Gasteiger partial charge in [-0.05, 0) is 61.6 Å². The topological polar surface area (TPSA) is 35.2 Å². The first-order valence-corrected chi connectivity index (χ1v) is 9.11. The van der Waals surface area contributed by atoms with Crippen LogP contribution in [0.15, 0.2) is 24.3 Å². The van der Waals surface area contributed by atoms with Crippen molar-refractivity contribution in [2.75, 3.05) is 6.61 Å². The zero-order valence-corrected chi connectivity index (χ0v) is 15.6. The van der Waals surface area contributed by atoms with Gasteiger partial charge in [0, 0.05) is 6.04 Å². The Hall–Kier alpha value is -0.730. The van der Waals surface area contributed by atoms with Gasteiger partial charge in [-0.3, -0.25) is 0 Å². The van der Waals surface area contributed by atoms with Crippen LogP contribution in [0.2, 0.25) is 0 Å². The maximum atomic E-state index is 6.16. The average molecular weight is 340 g/mol. The third-order valence-corrected chi connectivity index (χ3v) is 4.71. The number of benzene rings is 1. The number of hydrogen-bond acceptors (Lipinski definition) is 2. The molecule has 0 aromatic heterocycles. The van der Waals surface area contributed by atoms with Crippen LogP contribution in [0.4, 0.5) is 0 Å². The molecule has 1 aromatic rings. The molecular weight excluding hydrogens is 306 g/mol. The minimum atomic E-state index is 0. The van der Waals surface area contributed by atoms with Gasteiger partial charge in [-0.2, -0.15) is 0 Å². The van der Waals surface area contributed by atoms with E-state index in [4.69, 9.17) is 10.5 Å². The Morgan fingerprint density at radius 2 is 1.74 bits per heavy atom. The molecule has 3 heteroatoms. The lowest BCUT2D eigenvalue weighted by Crippen LogP contribution is -2.22. The number of aryl methyl sites for hydroxylation is 1. The van der Waals surface area contributed by atoms with Crippen molar-refractivity contribution in [1.29, 1.82) is 0 Å². The van der Waals surface area contributed by atoms with E-state index in [1.165, 1.54) is 37.7 Å². The molecule has 2 N–H and O–H groups in total. The molecule has 0 radical (unpaired) electrons. The van der Waals surface area contributed by atoms with Crippen molar-refractivity contribution in [3.05, 3.63) is 29.8 Å². The molecule has 132 valence electrons. The standard InChI is InChI=1S/C20H33NO.ClH/c1-16(2)14-19(21)11-8-17-9-12-20(13-10-17)22-15-18-6-4-3-5-7-18;/h9-10,12-13,16,18-19H,3-8,11,14-15,21H2,1-2H3;1H. The highest BCUT2D eigenvalue weighted by molar-refractivity contribution is 5.85. The van der Waals surface area contributed by atoms with Crippen LogP contribution in [0.3, 0.4) is 0 Å². The van der Waals surface area contributed by atoms with Crippen LogP contribution in [0.1, 0.15) is 64.4 Å². The fraction of sp³-hybridized carbons (Fsp3) is 0.700. The van der Waals surface area contributed by atoms with Gasteiger partial charge in [0.25, 0.3) is 0 Å².